The molecule has 22 heavy (non-hydrogen) atoms. The summed E-state index contributed by atoms with van der Waals surface area (Å²) >= 11 is 6.26. The van der Waals surface area contributed by atoms with Crippen molar-refractivity contribution in [1.82, 2.24) is 4.98 Å². The molecule has 0 saturated heterocycles. The van der Waals surface area contributed by atoms with Crippen molar-refractivity contribution in [3.05, 3.63) is 64.8 Å². The third-order valence-corrected chi connectivity index (χ3v) is 3.87. The second-order valence-electron chi connectivity index (χ2n) is 4.99. The van der Waals surface area contributed by atoms with Crippen molar-refractivity contribution < 1.29 is 9.47 Å². The normalized spacial score (nSPS) is 13.1. The van der Waals surface area contributed by atoms with E-state index in [9.17, 15) is 0 Å². The molecule has 0 unspecified atom stereocenters. The van der Waals surface area contributed by atoms with Gasteiger partial charge >= 0.3 is 0 Å². The Labute approximate surface area is 132 Å². The van der Waals surface area contributed by atoms with Crippen LogP contribution < -0.4 is 9.47 Å². The molecule has 0 atom stereocenters. The van der Waals surface area contributed by atoms with Crippen LogP contribution in [-0.4, -0.2) is 11.8 Å². The number of nitrogens with zero attached hydrogens (tertiary/aromatic N) is 1. The summed E-state index contributed by atoms with van der Waals surface area (Å²) in [6.07, 6.45) is 3.87. The number of fused-ring (bicyclic) bond motifs is 2. The minimum Gasteiger partial charge on any atom is -0.454 e. The first-order chi connectivity index (χ1) is 10.8. The first-order valence-corrected chi connectivity index (χ1v) is 7.30. The number of hydrogen-bond donors (Lipinski definition) is 0. The van der Waals surface area contributed by atoms with Crippen molar-refractivity contribution in [2.45, 2.75) is 0 Å². The molecule has 0 N–H and O–H groups in total. The number of hydrogen-bond acceptors (Lipinski definition) is 3. The number of para-hydroxylation sites is 1. The molecule has 0 amide bonds. The van der Waals surface area contributed by atoms with Crippen LogP contribution in [0.3, 0.4) is 0 Å². The van der Waals surface area contributed by atoms with Gasteiger partial charge in [0.05, 0.1) is 16.2 Å². The first-order valence-electron chi connectivity index (χ1n) is 6.93. The zero-order valence-electron chi connectivity index (χ0n) is 11.6. The van der Waals surface area contributed by atoms with Gasteiger partial charge < -0.3 is 9.47 Å². The third kappa shape index (κ3) is 2.40. The Bertz CT molecular complexity index is 889. The molecule has 1 aromatic heterocycles. The van der Waals surface area contributed by atoms with E-state index in [0.29, 0.717) is 10.8 Å². The summed E-state index contributed by atoms with van der Waals surface area (Å²) in [5.41, 5.74) is 2.73. The van der Waals surface area contributed by atoms with Crippen molar-refractivity contribution in [3.63, 3.8) is 0 Å². The van der Waals surface area contributed by atoms with Crippen LogP contribution in [0.5, 0.6) is 11.5 Å². The molecule has 0 fully saturated rings. The zero-order chi connectivity index (χ0) is 14.9. The van der Waals surface area contributed by atoms with E-state index in [2.05, 4.69) is 11.1 Å². The average Bonchev–Trinajstić information content (AvgIpc) is 2.99. The van der Waals surface area contributed by atoms with E-state index in [1.807, 2.05) is 48.6 Å². The highest BCUT2D eigenvalue weighted by atomic mass is 35.5. The Morgan fingerprint density at radius 3 is 2.68 bits per heavy atom. The van der Waals surface area contributed by atoms with E-state index in [0.717, 1.165) is 27.9 Å². The van der Waals surface area contributed by atoms with Crippen LogP contribution in [0, 0.1) is 0 Å². The number of halogens is 1. The van der Waals surface area contributed by atoms with Crippen molar-refractivity contribution in [3.8, 4) is 11.5 Å². The summed E-state index contributed by atoms with van der Waals surface area (Å²) in [6, 6.07) is 15.7. The number of ether oxygens (including phenoxy) is 2. The lowest BCUT2D eigenvalue weighted by Gasteiger charge is -2.02. The molecule has 2 heterocycles. The molecule has 3 aromatic rings. The molecule has 108 valence electrons. The maximum atomic E-state index is 6.26. The van der Waals surface area contributed by atoms with Crippen LogP contribution in [0.15, 0.2) is 48.5 Å². The van der Waals surface area contributed by atoms with E-state index in [1.54, 1.807) is 6.07 Å². The largest absolute Gasteiger partial charge is 0.454 e. The minimum absolute atomic E-state index is 0.241. The van der Waals surface area contributed by atoms with Gasteiger partial charge in [0, 0.05) is 11.5 Å². The molecule has 0 saturated carbocycles. The summed E-state index contributed by atoms with van der Waals surface area (Å²) in [6.45, 7) is 0.241. The number of pyridine rings is 1. The fourth-order valence-electron chi connectivity index (χ4n) is 2.41. The predicted octanol–water partition coefficient (Wildman–Crippen LogP) is 4.79. The number of aromatic nitrogens is 1. The van der Waals surface area contributed by atoms with E-state index in [1.165, 1.54) is 0 Å². The average molecular weight is 310 g/mol. The van der Waals surface area contributed by atoms with Gasteiger partial charge in [-0.1, -0.05) is 41.9 Å². The van der Waals surface area contributed by atoms with Gasteiger partial charge in [-0.25, -0.2) is 4.98 Å². The SMILES string of the molecule is Clc1cc2c(cc1C=Cc1ccc3ccccc3n1)OCO2. The maximum Gasteiger partial charge on any atom is 0.231 e. The van der Waals surface area contributed by atoms with Crippen LogP contribution in [0.2, 0.25) is 5.02 Å². The molecule has 2 aromatic carbocycles. The predicted molar refractivity (Wildman–Crippen MR) is 88.2 cm³/mol. The van der Waals surface area contributed by atoms with Crippen LogP contribution in [-0.2, 0) is 0 Å². The molecular formula is C18H12ClNO2. The van der Waals surface area contributed by atoms with Gasteiger partial charge in [-0.2, -0.15) is 0 Å². The molecule has 1 aliphatic rings. The van der Waals surface area contributed by atoms with Gasteiger partial charge in [0.25, 0.3) is 0 Å². The van der Waals surface area contributed by atoms with E-state index in [4.69, 9.17) is 21.1 Å². The van der Waals surface area contributed by atoms with E-state index >= 15 is 0 Å². The molecular weight excluding hydrogens is 298 g/mol. The minimum atomic E-state index is 0.241. The second kappa shape index (κ2) is 5.35. The van der Waals surface area contributed by atoms with Crippen molar-refractivity contribution in [2.75, 3.05) is 6.79 Å². The molecule has 0 radical (unpaired) electrons. The second-order valence-corrected chi connectivity index (χ2v) is 5.40. The van der Waals surface area contributed by atoms with Crippen molar-refractivity contribution in [2.24, 2.45) is 0 Å². The highest BCUT2D eigenvalue weighted by Gasteiger charge is 2.15. The topological polar surface area (TPSA) is 31.4 Å². The van der Waals surface area contributed by atoms with Crippen LogP contribution in [0.1, 0.15) is 11.3 Å². The third-order valence-electron chi connectivity index (χ3n) is 3.55. The van der Waals surface area contributed by atoms with Crippen LogP contribution >= 0.6 is 11.6 Å². The molecule has 0 bridgehead atoms. The number of benzene rings is 2. The lowest BCUT2D eigenvalue weighted by atomic mass is 10.1. The monoisotopic (exact) mass is 309 g/mol. The van der Waals surface area contributed by atoms with Gasteiger partial charge in [-0.3, -0.25) is 0 Å². The fraction of sp³-hybridized carbons (Fsp3) is 0.0556. The van der Waals surface area contributed by atoms with Gasteiger partial charge in [-0.05, 0) is 29.8 Å². The fourth-order valence-corrected chi connectivity index (χ4v) is 2.63. The highest BCUT2D eigenvalue weighted by molar-refractivity contribution is 6.32. The number of rotatable bonds is 2. The maximum absolute atomic E-state index is 6.26. The Morgan fingerprint density at radius 2 is 1.77 bits per heavy atom. The van der Waals surface area contributed by atoms with Gasteiger partial charge in [0.2, 0.25) is 6.79 Å². The van der Waals surface area contributed by atoms with E-state index in [-0.39, 0.29) is 6.79 Å². The summed E-state index contributed by atoms with van der Waals surface area (Å²) in [7, 11) is 0. The molecule has 4 heteroatoms. The molecule has 1 aliphatic heterocycles. The van der Waals surface area contributed by atoms with Crippen LogP contribution in [0.25, 0.3) is 23.1 Å². The summed E-state index contributed by atoms with van der Waals surface area (Å²) in [5, 5.41) is 1.75. The smallest absolute Gasteiger partial charge is 0.231 e. The standard InChI is InChI=1S/C18H12ClNO2/c19-15-10-18-17(21-11-22-18)9-13(15)6-8-14-7-5-12-3-1-2-4-16(12)20-14/h1-10H,11H2. The summed E-state index contributed by atoms with van der Waals surface area (Å²) in [4.78, 5) is 4.61. The Kier molecular flexibility index (Phi) is 3.20. The Hall–Kier alpha value is -2.52. The summed E-state index contributed by atoms with van der Waals surface area (Å²) < 4.78 is 10.7. The molecule has 0 aliphatic carbocycles. The van der Waals surface area contributed by atoms with Crippen molar-refractivity contribution >= 4 is 34.7 Å². The molecule has 0 spiro atoms. The van der Waals surface area contributed by atoms with Gasteiger partial charge in [-0.15, -0.1) is 0 Å². The van der Waals surface area contributed by atoms with Gasteiger partial charge in [0.1, 0.15) is 0 Å². The van der Waals surface area contributed by atoms with Crippen LogP contribution in [0.4, 0.5) is 0 Å². The highest BCUT2D eigenvalue weighted by Crippen LogP contribution is 2.37. The van der Waals surface area contributed by atoms with E-state index < -0.39 is 0 Å². The molecule has 4 rings (SSSR count). The first kappa shape index (κ1) is 13.2. The Balaban J connectivity index is 1.68. The van der Waals surface area contributed by atoms with Crippen molar-refractivity contribution in [1.29, 1.82) is 0 Å². The Morgan fingerprint density at radius 1 is 0.955 bits per heavy atom. The summed E-state index contributed by atoms with van der Waals surface area (Å²) in [5.74, 6) is 1.40. The lowest BCUT2D eigenvalue weighted by molar-refractivity contribution is 0.174. The van der Waals surface area contributed by atoms with Gasteiger partial charge in [0.15, 0.2) is 11.5 Å². The lowest BCUT2D eigenvalue weighted by Crippen LogP contribution is -1.92. The zero-order valence-corrected chi connectivity index (χ0v) is 12.4. The molecule has 3 nitrogen and oxygen atoms in total. The quantitative estimate of drug-likeness (QED) is 0.682.